The van der Waals surface area contributed by atoms with Gasteiger partial charge in [-0.1, -0.05) is 152 Å². The molecule has 0 aliphatic carbocycles. The SMILES string of the molecule is c1ccc(C2N=C(c3ccc(-n4c5cc6c(cc5c5c7ccccc7ccc54)-c4ccccc4-c4ccccc4N6c4ccccc4)cc3)NC(c3ccccc3)[N-]2)cc1. The highest BCUT2D eigenvalue weighted by Gasteiger charge is 2.28. The van der Waals surface area contributed by atoms with Crippen molar-refractivity contribution in [3.63, 3.8) is 0 Å². The van der Waals surface area contributed by atoms with Gasteiger partial charge in [-0.15, -0.1) is 0 Å². The second-order valence-corrected chi connectivity index (χ2v) is 15.6. The summed E-state index contributed by atoms with van der Waals surface area (Å²) >= 11 is 0. The van der Waals surface area contributed by atoms with E-state index in [0.717, 1.165) is 56.3 Å². The molecule has 0 spiro atoms. The number of nitrogens with zero attached hydrogens (tertiary/aromatic N) is 4. The molecule has 1 N–H and O–H groups in total. The highest BCUT2D eigenvalue weighted by Crippen LogP contribution is 2.53. The summed E-state index contributed by atoms with van der Waals surface area (Å²) in [4.78, 5) is 7.62. The maximum absolute atomic E-state index is 5.18. The summed E-state index contributed by atoms with van der Waals surface area (Å²) in [6.45, 7) is 0. The molecule has 9 aromatic carbocycles. The van der Waals surface area contributed by atoms with Gasteiger partial charge in [0.1, 0.15) is 5.84 Å². The lowest BCUT2D eigenvalue weighted by atomic mass is 9.93. The van der Waals surface area contributed by atoms with Crippen molar-refractivity contribution in [1.82, 2.24) is 9.88 Å². The van der Waals surface area contributed by atoms with Crippen molar-refractivity contribution in [2.45, 2.75) is 12.3 Å². The minimum absolute atomic E-state index is 0.229. The molecule has 0 amide bonds. The number of amidine groups is 1. The monoisotopic (exact) mass is 768 g/mol. The van der Waals surface area contributed by atoms with E-state index in [1.165, 1.54) is 43.8 Å². The van der Waals surface area contributed by atoms with E-state index in [0.29, 0.717) is 0 Å². The van der Waals surface area contributed by atoms with E-state index in [4.69, 9.17) is 10.3 Å². The quantitative estimate of drug-likeness (QED) is 0.190. The Balaban J connectivity index is 1.08. The summed E-state index contributed by atoms with van der Waals surface area (Å²) in [5, 5.41) is 13.7. The maximum Gasteiger partial charge on any atom is 0.126 e. The molecule has 0 saturated carbocycles. The van der Waals surface area contributed by atoms with Crippen LogP contribution >= 0.6 is 0 Å². The fourth-order valence-electron chi connectivity index (χ4n) is 9.35. The first-order valence-electron chi connectivity index (χ1n) is 20.6. The normalized spacial score (nSPS) is 15.8. The highest BCUT2D eigenvalue weighted by atomic mass is 15.3. The Bertz CT molecular complexity index is 3260. The molecule has 60 heavy (non-hydrogen) atoms. The van der Waals surface area contributed by atoms with Crippen LogP contribution in [-0.2, 0) is 0 Å². The van der Waals surface area contributed by atoms with Crippen LogP contribution in [0, 0.1) is 0 Å². The van der Waals surface area contributed by atoms with Crippen molar-refractivity contribution in [2.75, 3.05) is 4.90 Å². The Labute approximate surface area is 348 Å². The summed E-state index contributed by atoms with van der Waals surface area (Å²) in [5.41, 5.74) is 14.8. The minimum atomic E-state index is -0.323. The molecule has 3 heterocycles. The fourth-order valence-corrected chi connectivity index (χ4v) is 9.35. The third kappa shape index (κ3) is 5.55. The lowest BCUT2D eigenvalue weighted by Crippen LogP contribution is -2.34. The molecule has 2 atom stereocenters. The van der Waals surface area contributed by atoms with E-state index >= 15 is 0 Å². The van der Waals surface area contributed by atoms with E-state index in [-0.39, 0.29) is 12.3 Å². The molecule has 2 aliphatic rings. The molecule has 2 unspecified atom stereocenters. The first-order valence-corrected chi connectivity index (χ1v) is 20.6. The van der Waals surface area contributed by atoms with E-state index in [2.05, 4.69) is 215 Å². The van der Waals surface area contributed by atoms with Crippen LogP contribution in [0.5, 0.6) is 0 Å². The average molecular weight is 769 g/mol. The zero-order valence-corrected chi connectivity index (χ0v) is 32.7. The predicted molar refractivity (Wildman–Crippen MR) is 249 cm³/mol. The first-order chi connectivity index (χ1) is 29.8. The number of fused-ring (bicyclic) bond motifs is 10. The number of rotatable bonds is 5. The zero-order valence-electron chi connectivity index (χ0n) is 32.7. The Morgan fingerprint density at radius 1 is 0.450 bits per heavy atom. The van der Waals surface area contributed by atoms with E-state index < -0.39 is 0 Å². The molecule has 0 bridgehead atoms. The largest absolute Gasteiger partial charge is 0.613 e. The molecular formula is C55H38N5-. The summed E-state index contributed by atoms with van der Waals surface area (Å²) in [5.74, 6) is 0.827. The average Bonchev–Trinajstić information content (AvgIpc) is 3.60. The Morgan fingerprint density at radius 2 is 1.08 bits per heavy atom. The van der Waals surface area contributed by atoms with Gasteiger partial charge in [0.2, 0.25) is 0 Å². The third-order valence-corrected chi connectivity index (χ3v) is 12.1. The van der Waals surface area contributed by atoms with Gasteiger partial charge in [0.25, 0.3) is 0 Å². The number of hydrogen-bond acceptors (Lipinski definition) is 3. The molecule has 1 aromatic heterocycles. The molecule has 0 fully saturated rings. The fraction of sp³-hybridized carbons (Fsp3) is 0.0364. The lowest BCUT2D eigenvalue weighted by Gasteiger charge is -2.44. The standard InChI is InChI=1S/C55H38N5/c1-4-17-37(18-5-1)53-56-54(38-19-6-2-7-20-38)58-55(57-53)39-28-31-41(32-29-39)60-49-33-30-36-16-10-11-23-42(36)52(49)47-34-46-44-25-13-12-24-43(44)45-26-14-15-27-48(45)59(50(46)35-51(47)60)40-21-8-3-9-22-40/h1-35,53-54H,(H,57,58)/q-1. The summed E-state index contributed by atoms with van der Waals surface area (Å²) in [6, 6.07) is 76.2. The first kappa shape index (κ1) is 34.3. The van der Waals surface area contributed by atoms with Gasteiger partial charge >= 0.3 is 0 Å². The molecule has 5 heteroatoms. The van der Waals surface area contributed by atoms with Gasteiger partial charge in [0.15, 0.2) is 0 Å². The molecule has 12 rings (SSSR count). The predicted octanol–water partition coefficient (Wildman–Crippen LogP) is 14.2. The lowest BCUT2D eigenvalue weighted by molar-refractivity contribution is 0.631. The zero-order chi connectivity index (χ0) is 39.6. The molecule has 2 aliphatic heterocycles. The number of aliphatic imine (C=N–C) groups is 1. The van der Waals surface area contributed by atoms with Crippen LogP contribution in [0.2, 0.25) is 0 Å². The molecule has 0 radical (unpaired) electrons. The molecule has 0 saturated heterocycles. The topological polar surface area (TPSA) is 46.7 Å². The third-order valence-electron chi connectivity index (χ3n) is 12.1. The van der Waals surface area contributed by atoms with Gasteiger partial charge in [-0.2, -0.15) is 0 Å². The van der Waals surface area contributed by atoms with Crippen LogP contribution in [0.25, 0.3) is 65.8 Å². The number of aromatic nitrogens is 1. The number of anilines is 3. The van der Waals surface area contributed by atoms with Crippen molar-refractivity contribution in [1.29, 1.82) is 0 Å². The molecule has 5 nitrogen and oxygen atoms in total. The summed E-state index contributed by atoms with van der Waals surface area (Å²) in [7, 11) is 0. The summed E-state index contributed by atoms with van der Waals surface area (Å²) in [6.07, 6.45) is -0.552. The smallest absolute Gasteiger partial charge is 0.126 e. The van der Waals surface area contributed by atoms with Crippen molar-refractivity contribution in [3.05, 3.63) is 234 Å². The minimum Gasteiger partial charge on any atom is -0.613 e. The number of para-hydroxylation sites is 2. The van der Waals surface area contributed by atoms with E-state index in [9.17, 15) is 0 Å². The van der Waals surface area contributed by atoms with Gasteiger partial charge in [-0.05, 0) is 106 Å². The van der Waals surface area contributed by atoms with Crippen molar-refractivity contribution >= 4 is 55.5 Å². The van der Waals surface area contributed by atoms with E-state index in [1.54, 1.807) is 0 Å². The summed E-state index contributed by atoms with van der Waals surface area (Å²) < 4.78 is 2.44. The van der Waals surface area contributed by atoms with Gasteiger partial charge in [0.05, 0.1) is 22.4 Å². The maximum atomic E-state index is 5.18. The van der Waals surface area contributed by atoms with Crippen molar-refractivity contribution < 1.29 is 0 Å². The number of hydrogen-bond donors (Lipinski definition) is 1. The van der Waals surface area contributed by atoms with Crippen LogP contribution in [-0.4, -0.2) is 10.4 Å². The van der Waals surface area contributed by atoms with Crippen LogP contribution in [0.3, 0.4) is 0 Å². The Hall–Kier alpha value is -7.73. The second kappa shape index (κ2) is 14.0. The number of nitrogens with one attached hydrogen (secondary N) is 1. The van der Waals surface area contributed by atoms with Crippen molar-refractivity contribution in [2.24, 2.45) is 4.99 Å². The molecular weight excluding hydrogens is 731 g/mol. The Kier molecular flexibility index (Phi) is 8.00. The van der Waals surface area contributed by atoms with Gasteiger partial charge in [-0.25, -0.2) is 0 Å². The van der Waals surface area contributed by atoms with E-state index in [1.807, 2.05) is 12.1 Å². The van der Waals surface area contributed by atoms with Gasteiger partial charge < -0.3 is 20.1 Å². The van der Waals surface area contributed by atoms with Crippen LogP contribution in [0.15, 0.2) is 217 Å². The van der Waals surface area contributed by atoms with Gasteiger partial charge in [0, 0.05) is 38.8 Å². The van der Waals surface area contributed by atoms with Crippen LogP contribution < -0.4 is 10.2 Å². The van der Waals surface area contributed by atoms with Crippen LogP contribution in [0.1, 0.15) is 29.0 Å². The molecule has 10 aromatic rings. The highest BCUT2D eigenvalue weighted by molar-refractivity contribution is 6.23. The second-order valence-electron chi connectivity index (χ2n) is 15.6. The van der Waals surface area contributed by atoms with Crippen molar-refractivity contribution in [3.8, 4) is 27.9 Å². The van der Waals surface area contributed by atoms with Gasteiger partial charge in [-0.3, -0.25) is 4.99 Å². The molecule has 284 valence electrons. The van der Waals surface area contributed by atoms with Crippen LogP contribution in [0.4, 0.5) is 17.1 Å². The number of benzene rings is 9. The Morgan fingerprint density at radius 3 is 1.85 bits per heavy atom.